The van der Waals surface area contributed by atoms with Gasteiger partial charge in [0.25, 0.3) is 5.91 Å². The van der Waals surface area contributed by atoms with Gasteiger partial charge >= 0.3 is 0 Å². The molecule has 124 valence electrons. The zero-order valence-electron chi connectivity index (χ0n) is 13.4. The van der Waals surface area contributed by atoms with Gasteiger partial charge in [-0.15, -0.1) is 6.58 Å². The molecule has 0 unspecified atom stereocenters. The molecule has 1 aromatic carbocycles. The molecule has 7 heteroatoms. The van der Waals surface area contributed by atoms with Gasteiger partial charge < -0.3 is 4.57 Å². The number of thiazole rings is 1. The Morgan fingerprint density at radius 3 is 2.96 bits per heavy atom. The number of aromatic nitrogens is 3. The van der Waals surface area contributed by atoms with E-state index in [4.69, 9.17) is 0 Å². The lowest BCUT2D eigenvalue weighted by Gasteiger charge is -2.07. The van der Waals surface area contributed by atoms with Crippen molar-refractivity contribution in [2.45, 2.75) is 26.4 Å². The van der Waals surface area contributed by atoms with Crippen molar-refractivity contribution in [3.05, 3.63) is 59.4 Å². The van der Waals surface area contributed by atoms with E-state index >= 15 is 0 Å². The highest BCUT2D eigenvalue weighted by Gasteiger charge is 2.15. The molecule has 2 aromatic heterocycles. The first-order chi connectivity index (χ1) is 11.5. The van der Waals surface area contributed by atoms with Crippen LogP contribution in [0.25, 0.3) is 10.2 Å². The van der Waals surface area contributed by atoms with E-state index in [1.54, 1.807) is 33.7 Å². The fourth-order valence-corrected chi connectivity index (χ4v) is 3.56. The Hall–Kier alpha value is -2.54. The molecule has 0 saturated heterocycles. The Kier molecular flexibility index (Phi) is 4.44. The average molecular weight is 344 g/mol. The minimum atomic E-state index is -0.397. The second-order valence-electron chi connectivity index (χ2n) is 5.54. The maximum Gasteiger partial charge on any atom is 0.297 e. The molecule has 0 aliphatic rings. The number of hydrogen-bond acceptors (Lipinski definition) is 3. The van der Waals surface area contributed by atoms with E-state index in [2.05, 4.69) is 16.7 Å². The lowest BCUT2D eigenvalue weighted by molar-refractivity contribution is 0.0986. The van der Waals surface area contributed by atoms with Crippen molar-refractivity contribution in [1.29, 1.82) is 0 Å². The van der Waals surface area contributed by atoms with Gasteiger partial charge in [0.2, 0.25) is 0 Å². The fourth-order valence-electron chi connectivity index (χ4n) is 2.51. The molecular formula is C17H17FN4OS. The number of para-hydroxylation sites is 1. The monoisotopic (exact) mass is 344 g/mol. The minimum Gasteiger partial charge on any atom is -0.310 e. The van der Waals surface area contributed by atoms with Crippen molar-refractivity contribution in [2.75, 3.05) is 0 Å². The number of rotatable bonds is 4. The van der Waals surface area contributed by atoms with Crippen molar-refractivity contribution < 1.29 is 9.18 Å². The molecule has 0 atom stereocenters. The quantitative estimate of drug-likeness (QED) is 0.680. The van der Waals surface area contributed by atoms with E-state index in [0.717, 1.165) is 4.70 Å². The molecule has 1 amide bonds. The number of amides is 1. The number of fused-ring (bicyclic) bond motifs is 1. The van der Waals surface area contributed by atoms with Gasteiger partial charge in [0.1, 0.15) is 11.5 Å². The first-order valence-electron chi connectivity index (χ1n) is 7.54. The third kappa shape index (κ3) is 2.82. The number of nitrogens with zero attached hydrogens (tertiary/aromatic N) is 4. The molecule has 5 nitrogen and oxygen atoms in total. The first-order valence-corrected chi connectivity index (χ1v) is 8.36. The summed E-state index contributed by atoms with van der Waals surface area (Å²) in [5, 5.41) is 4.15. The number of carbonyl (C=O) groups excluding carboxylic acids is 1. The topological polar surface area (TPSA) is 52.2 Å². The van der Waals surface area contributed by atoms with Crippen LogP contribution in [0.4, 0.5) is 4.39 Å². The van der Waals surface area contributed by atoms with Crippen LogP contribution in [0.5, 0.6) is 0 Å². The fraction of sp³-hybridized carbons (Fsp3) is 0.235. The largest absolute Gasteiger partial charge is 0.310 e. The molecule has 2 heterocycles. The Morgan fingerprint density at radius 2 is 2.25 bits per heavy atom. The number of carbonyl (C=O) groups is 1. The first kappa shape index (κ1) is 16.3. The van der Waals surface area contributed by atoms with Crippen molar-refractivity contribution in [3.8, 4) is 0 Å². The van der Waals surface area contributed by atoms with Gasteiger partial charge in [0.05, 0.1) is 10.2 Å². The van der Waals surface area contributed by atoms with Crippen LogP contribution in [-0.2, 0) is 6.54 Å². The highest BCUT2D eigenvalue weighted by Crippen LogP contribution is 2.20. The van der Waals surface area contributed by atoms with E-state index in [9.17, 15) is 9.18 Å². The molecule has 0 aliphatic heterocycles. The summed E-state index contributed by atoms with van der Waals surface area (Å²) in [6, 6.07) is 6.54. The third-order valence-electron chi connectivity index (χ3n) is 3.54. The molecule has 3 rings (SSSR count). The molecule has 0 bridgehead atoms. The second kappa shape index (κ2) is 6.52. The Labute approximate surface area is 142 Å². The van der Waals surface area contributed by atoms with E-state index in [0.29, 0.717) is 22.6 Å². The number of allylic oxidation sites excluding steroid dienone is 1. The van der Waals surface area contributed by atoms with Crippen LogP contribution in [0.2, 0.25) is 0 Å². The van der Waals surface area contributed by atoms with E-state index in [1.165, 1.54) is 17.4 Å². The van der Waals surface area contributed by atoms with Gasteiger partial charge in [-0.05, 0) is 32.0 Å². The summed E-state index contributed by atoms with van der Waals surface area (Å²) in [6.45, 7) is 7.95. The lowest BCUT2D eigenvalue weighted by Crippen LogP contribution is -2.18. The average Bonchev–Trinajstić information content (AvgIpc) is 3.14. The second-order valence-corrected chi connectivity index (χ2v) is 6.55. The summed E-state index contributed by atoms with van der Waals surface area (Å²) >= 11 is 1.28. The molecule has 24 heavy (non-hydrogen) atoms. The predicted octanol–water partition coefficient (Wildman–Crippen LogP) is 3.55. The van der Waals surface area contributed by atoms with E-state index in [1.807, 2.05) is 19.9 Å². The molecule has 3 aromatic rings. The maximum absolute atomic E-state index is 14.2. The van der Waals surface area contributed by atoms with Gasteiger partial charge in [-0.1, -0.05) is 23.5 Å². The summed E-state index contributed by atoms with van der Waals surface area (Å²) < 4.78 is 18.2. The number of halogens is 1. The smallest absolute Gasteiger partial charge is 0.297 e. The van der Waals surface area contributed by atoms with E-state index in [-0.39, 0.29) is 11.9 Å². The van der Waals surface area contributed by atoms with E-state index < -0.39 is 5.91 Å². The maximum atomic E-state index is 14.2. The summed E-state index contributed by atoms with van der Waals surface area (Å²) in [6.07, 6.45) is 3.23. The SMILES string of the molecule is C=CCn1c(=NC(=O)c2ccnn2C(C)C)sc2cccc(F)c21. The van der Waals surface area contributed by atoms with Gasteiger partial charge in [-0.25, -0.2) is 4.39 Å². The standard InChI is InChI=1S/C17H17FN4OS/c1-4-10-21-15-12(18)6-5-7-14(15)24-17(21)20-16(23)13-8-9-19-22(13)11(2)3/h4-9,11H,1,10H2,2-3H3. The molecule has 0 aliphatic carbocycles. The van der Waals surface area contributed by atoms with Crippen LogP contribution >= 0.6 is 11.3 Å². The van der Waals surface area contributed by atoms with Crippen molar-refractivity contribution in [1.82, 2.24) is 14.3 Å². The molecule has 0 fully saturated rings. The highest BCUT2D eigenvalue weighted by atomic mass is 32.1. The van der Waals surface area contributed by atoms with Crippen molar-refractivity contribution >= 4 is 27.5 Å². The summed E-state index contributed by atoms with van der Waals surface area (Å²) in [5.74, 6) is -0.738. The van der Waals surface area contributed by atoms with Gasteiger partial charge in [-0.2, -0.15) is 10.1 Å². The van der Waals surface area contributed by atoms with Crippen LogP contribution in [0.15, 0.2) is 48.1 Å². The lowest BCUT2D eigenvalue weighted by atomic mass is 10.3. The van der Waals surface area contributed by atoms with Gasteiger partial charge in [0, 0.05) is 18.8 Å². The van der Waals surface area contributed by atoms with Crippen LogP contribution in [0.1, 0.15) is 30.4 Å². The Bertz CT molecular complexity index is 980. The van der Waals surface area contributed by atoms with Crippen molar-refractivity contribution in [3.63, 3.8) is 0 Å². The van der Waals surface area contributed by atoms with Crippen LogP contribution in [0, 0.1) is 5.82 Å². The van der Waals surface area contributed by atoms with Crippen LogP contribution < -0.4 is 4.80 Å². The number of hydrogen-bond donors (Lipinski definition) is 0. The number of benzene rings is 1. The minimum absolute atomic E-state index is 0.0503. The van der Waals surface area contributed by atoms with Gasteiger partial charge in [0.15, 0.2) is 4.80 Å². The van der Waals surface area contributed by atoms with Crippen LogP contribution in [-0.4, -0.2) is 20.3 Å². The molecule has 0 spiro atoms. The summed E-state index contributed by atoms with van der Waals surface area (Å²) in [4.78, 5) is 17.2. The summed E-state index contributed by atoms with van der Waals surface area (Å²) in [7, 11) is 0. The normalized spacial score (nSPS) is 12.2. The highest BCUT2D eigenvalue weighted by molar-refractivity contribution is 7.16. The van der Waals surface area contributed by atoms with Crippen molar-refractivity contribution in [2.24, 2.45) is 4.99 Å². The molecule has 0 radical (unpaired) electrons. The third-order valence-corrected chi connectivity index (χ3v) is 4.58. The molecule has 0 N–H and O–H groups in total. The van der Waals surface area contributed by atoms with Gasteiger partial charge in [-0.3, -0.25) is 9.48 Å². The molecular weight excluding hydrogens is 327 g/mol. The van der Waals surface area contributed by atoms with Crippen LogP contribution in [0.3, 0.4) is 0 Å². The zero-order chi connectivity index (χ0) is 17.3. The Morgan fingerprint density at radius 1 is 1.46 bits per heavy atom. The predicted molar refractivity (Wildman–Crippen MR) is 92.5 cm³/mol. The Balaban J connectivity index is 2.18. The summed E-state index contributed by atoms with van der Waals surface area (Å²) in [5.41, 5.74) is 0.847. The zero-order valence-corrected chi connectivity index (χ0v) is 14.3. The molecule has 0 saturated carbocycles.